The van der Waals surface area contributed by atoms with E-state index in [1.165, 1.54) is 0 Å². The number of carbonyl (C=O) groups excluding carboxylic acids is 3. The summed E-state index contributed by atoms with van der Waals surface area (Å²) in [6.45, 7) is 5.41. The summed E-state index contributed by atoms with van der Waals surface area (Å²) in [4.78, 5) is 49.5. The summed E-state index contributed by atoms with van der Waals surface area (Å²) in [5.74, 6) is -1.95. The molecule has 4 N–H and O–H groups in total. The third kappa shape index (κ3) is 20.2. The molecule has 0 aliphatic rings. The molecule has 290 valence electrons. The number of amides is 3. The third-order valence-corrected chi connectivity index (χ3v) is 8.14. The normalized spacial score (nSPS) is 12.7. The zero-order chi connectivity index (χ0) is 39.4. The Morgan fingerprint density at radius 3 is 1.78 bits per heavy atom. The van der Waals surface area contributed by atoms with Crippen LogP contribution in [0.3, 0.4) is 0 Å². The van der Waals surface area contributed by atoms with Crippen LogP contribution in [0.25, 0.3) is 0 Å². The average Bonchev–Trinajstić information content (AvgIpc) is 3.14. The van der Waals surface area contributed by atoms with Crippen LogP contribution in [-0.2, 0) is 20.8 Å². The van der Waals surface area contributed by atoms with Crippen molar-refractivity contribution < 1.29 is 29.0 Å². The van der Waals surface area contributed by atoms with Gasteiger partial charge in [0.2, 0.25) is 5.91 Å². The monoisotopic (exact) mass is 757 g/mol. The van der Waals surface area contributed by atoms with Crippen LogP contribution in [0, 0.1) is 0 Å². The minimum atomic E-state index is -1.32. The fourth-order valence-electron chi connectivity index (χ4n) is 4.82. The summed E-state index contributed by atoms with van der Waals surface area (Å²) in [5.41, 5.74) is 0.163. The molecule has 0 bridgehead atoms. The highest BCUT2D eigenvalue weighted by molar-refractivity contribution is 6.30. The molecule has 3 amide bonds. The van der Waals surface area contributed by atoms with Gasteiger partial charge in [0.1, 0.15) is 11.8 Å². The van der Waals surface area contributed by atoms with E-state index in [0.717, 1.165) is 44.1 Å². The van der Waals surface area contributed by atoms with E-state index in [1.807, 2.05) is 24.3 Å². The lowest BCUT2D eigenvalue weighted by Crippen LogP contribution is -2.53. The Morgan fingerprint density at radius 1 is 0.741 bits per heavy atom. The minimum absolute atomic E-state index is 0.124. The van der Waals surface area contributed by atoms with Crippen molar-refractivity contribution in [3.8, 4) is 5.75 Å². The molecule has 0 heterocycles. The Morgan fingerprint density at radius 2 is 1.26 bits per heavy atom. The van der Waals surface area contributed by atoms with Crippen molar-refractivity contribution >= 4 is 35.3 Å². The topological polar surface area (TPSA) is 134 Å². The van der Waals surface area contributed by atoms with Gasteiger partial charge in [-0.05, 0) is 107 Å². The quantitative estimate of drug-likeness (QED) is 0.0750. The molecule has 1 unspecified atom stereocenters. The van der Waals surface area contributed by atoms with Crippen LogP contribution in [0.15, 0.2) is 121 Å². The van der Waals surface area contributed by atoms with Crippen LogP contribution in [-0.4, -0.2) is 53.5 Å². The number of nitrogens with one attached hydrogen (secondary N) is 3. The molecule has 1 atom stereocenters. The fraction of sp³-hybridized carbons (Fsp3) is 0.364. The Kier molecular flexibility index (Phi) is 22.2. The van der Waals surface area contributed by atoms with Gasteiger partial charge in [-0.2, -0.15) is 0 Å². The van der Waals surface area contributed by atoms with E-state index < -0.39 is 29.4 Å². The van der Waals surface area contributed by atoms with Crippen LogP contribution in [0.5, 0.6) is 5.75 Å². The number of halogens is 1. The zero-order valence-electron chi connectivity index (χ0n) is 31.8. The van der Waals surface area contributed by atoms with Crippen LogP contribution in [0.4, 0.5) is 0 Å². The fourth-order valence-corrected chi connectivity index (χ4v) is 4.94. The predicted octanol–water partition coefficient (Wildman–Crippen LogP) is 8.63. The van der Waals surface area contributed by atoms with E-state index in [0.29, 0.717) is 35.7 Å². The van der Waals surface area contributed by atoms with E-state index in [4.69, 9.17) is 16.3 Å². The summed E-state index contributed by atoms with van der Waals surface area (Å²) in [7, 11) is 0. The van der Waals surface area contributed by atoms with E-state index in [-0.39, 0.29) is 18.9 Å². The number of hydrogen-bond acceptors (Lipinski definition) is 5. The first-order valence-corrected chi connectivity index (χ1v) is 18.9. The van der Waals surface area contributed by atoms with Crippen LogP contribution < -0.4 is 20.7 Å². The van der Waals surface area contributed by atoms with Gasteiger partial charge in [0.05, 0.1) is 0 Å². The molecule has 54 heavy (non-hydrogen) atoms. The molecule has 0 saturated carbocycles. The number of benzene rings is 2. The molecule has 0 aliphatic carbocycles. The van der Waals surface area contributed by atoms with E-state index in [1.54, 1.807) is 50.2 Å². The molecule has 2 aromatic rings. The molecule has 9 nitrogen and oxygen atoms in total. The van der Waals surface area contributed by atoms with Gasteiger partial charge in [-0.25, -0.2) is 4.79 Å². The zero-order valence-corrected chi connectivity index (χ0v) is 32.5. The summed E-state index contributed by atoms with van der Waals surface area (Å²) < 4.78 is 5.90. The summed E-state index contributed by atoms with van der Waals surface area (Å²) in [5, 5.41) is 18.1. The van der Waals surface area contributed by atoms with Crippen molar-refractivity contribution in [3.63, 3.8) is 0 Å². The molecular formula is C44H56ClN3O6. The van der Waals surface area contributed by atoms with E-state index >= 15 is 0 Å². The lowest BCUT2D eigenvalue weighted by Gasteiger charge is -2.26. The van der Waals surface area contributed by atoms with Gasteiger partial charge in [-0.15, -0.1) is 0 Å². The highest BCUT2D eigenvalue weighted by Gasteiger charge is 2.31. The van der Waals surface area contributed by atoms with Crippen molar-refractivity contribution in [1.82, 2.24) is 16.0 Å². The highest BCUT2D eigenvalue weighted by Crippen LogP contribution is 2.20. The number of carboxylic acids is 1. The lowest BCUT2D eigenvalue weighted by atomic mass is 10.1. The van der Waals surface area contributed by atoms with Crippen molar-refractivity contribution in [2.24, 2.45) is 0 Å². The molecule has 2 rings (SSSR count). The molecule has 0 saturated heterocycles. The average molecular weight is 758 g/mol. The first kappa shape index (κ1) is 45.0. The maximum atomic E-state index is 12.9. The van der Waals surface area contributed by atoms with Crippen LogP contribution in [0.1, 0.15) is 88.1 Å². The van der Waals surface area contributed by atoms with E-state index in [2.05, 4.69) is 83.6 Å². The molecule has 0 fully saturated rings. The largest absolute Gasteiger partial charge is 0.480 e. The summed E-state index contributed by atoms with van der Waals surface area (Å²) in [6.07, 6.45) is 32.0. The van der Waals surface area contributed by atoms with Crippen LogP contribution in [0.2, 0.25) is 5.02 Å². The third-order valence-electron chi connectivity index (χ3n) is 7.88. The van der Waals surface area contributed by atoms with Gasteiger partial charge in [-0.1, -0.05) is 104 Å². The second-order valence-corrected chi connectivity index (χ2v) is 13.3. The Bertz CT molecular complexity index is 1620. The second kappa shape index (κ2) is 26.6. The van der Waals surface area contributed by atoms with Gasteiger partial charge in [-0.3, -0.25) is 14.4 Å². The number of carboxylic acid groups (broad SMARTS) is 1. The van der Waals surface area contributed by atoms with Crippen LogP contribution >= 0.6 is 11.6 Å². The van der Waals surface area contributed by atoms with Gasteiger partial charge >= 0.3 is 5.97 Å². The summed E-state index contributed by atoms with van der Waals surface area (Å²) in [6, 6.07) is 12.5. The van der Waals surface area contributed by atoms with Gasteiger partial charge in [0.25, 0.3) is 11.8 Å². The minimum Gasteiger partial charge on any atom is -0.480 e. The highest BCUT2D eigenvalue weighted by atomic mass is 35.5. The lowest BCUT2D eigenvalue weighted by molar-refractivity contribution is -0.142. The first-order valence-electron chi connectivity index (χ1n) is 18.5. The van der Waals surface area contributed by atoms with Crippen molar-refractivity contribution in [1.29, 1.82) is 0 Å². The molecule has 0 aliphatic heterocycles. The number of allylic oxidation sites excluding steroid dienone is 12. The molecular weight excluding hydrogens is 702 g/mol. The number of carbonyl (C=O) groups is 4. The SMILES string of the molecule is CCC=CCC=CCC=CCC=CCC=CCC=CCCC(=O)NC(CNC(=O)C(C)(C)Oc1ccc(CCNC(=O)c2ccc(Cl)cc2)cc1)C(=O)O. The molecule has 10 heteroatoms. The van der Waals surface area contributed by atoms with Crippen molar-refractivity contribution in [2.45, 2.75) is 90.2 Å². The van der Waals surface area contributed by atoms with Gasteiger partial charge in [0, 0.05) is 30.1 Å². The van der Waals surface area contributed by atoms with Gasteiger partial charge in [0.15, 0.2) is 5.60 Å². The molecule has 0 spiro atoms. The van der Waals surface area contributed by atoms with Crippen molar-refractivity contribution in [3.05, 3.63) is 138 Å². The Hall–Kier alpha value is -5.15. The first-order chi connectivity index (χ1) is 26.0. The second-order valence-electron chi connectivity index (χ2n) is 12.9. The Balaban J connectivity index is 1.64. The van der Waals surface area contributed by atoms with E-state index in [9.17, 15) is 24.3 Å². The maximum Gasteiger partial charge on any atom is 0.328 e. The summed E-state index contributed by atoms with van der Waals surface area (Å²) >= 11 is 5.88. The standard InChI is InChI=1S/C44H56ClN3O6/c1-4-5-6-7-8-9-10-11-12-13-14-15-16-17-18-19-20-21-22-23-40(49)48-39(42(51)52)34-47-43(53)44(2,3)54-38-30-24-35(25-31-38)32-33-46-41(50)36-26-28-37(45)29-27-36/h5-6,8-9,11-12,14-15,17-18,20-21,24-31,39H,4,7,10,13,16,19,22-23,32-34H2,1-3H3,(H,46,50)(H,47,53)(H,48,49)(H,51,52). The molecule has 2 aromatic carbocycles. The number of aliphatic carboxylic acids is 1. The predicted molar refractivity (Wildman–Crippen MR) is 219 cm³/mol. The molecule has 0 aromatic heterocycles. The smallest absolute Gasteiger partial charge is 0.328 e. The number of hydrogen-bond donors (Lipinski definition) is 4. The van der Waals surface area contributed by atoms with Crippen molar-refractivity contribution in [2.75, 3.05) is 13.1 Å². The number of ether oxygens (including phenoxy) is 1. The van der Waals surface area contributed by atoms with Gasteiger partial charge < -0.3 is 25.8 Å². The maximum absolute atomic E-state index is 12.9. The number of rotatable bonds is 25. The molecule has 0 radical (unpaired) electrons. The Labute approximate surface area is 326 Å².